The van der Waals surface area contributed by atoms with Crippen molar-refractivity contribution in [3.63, 3.8) is 0 Å². The fourth-order valence-corrected chi connectivity index (χ4v) is 3.08. The highest BCUT2D eigenvalue weighted by Crippen LogP contribution is 2.36. The molecule has 7 nitrogen and oxygen atoms in total. The number of carbonyl (C=O) groups excluding carboxylic acids is 2. The first kappa shape index (κ1) is 16.7. The van der Waals surface area contributed by atoms with E-state index in [1.54, 1.807) is 30.3 Å². The minimum atomic E-state index is -0.491. The Balaban J connectivity index is 1.47. The largest absolute Gasteiger partial charge is 0.486 e. The lowest BCUT2D eigenvalue weighted by atomic mass is 10.1. The van der Waals surface area contributed by atoms with Gasteiger partial charge in [0.05, 0.1) is 11.3 Å². The molecule has 0 bridgehead atoms. The third-order valence-corrected chi connectivity index (χ3v) is 4.66. The second kappa shape index (κ2) is 6.87. The Labute approximate surface area is 157 Å². The van der Waals surface area contributed by atoms with Gasteiger partial charge in [0.25, 0.3) is 5.91 Å². The smallest absolute Gasteiger partial charge is 0.338 e. The maximum Gasteiger partial charge on any atom is 0.338 e. The molecule has 1 N–H and O–H groups in total. The van der Waals surface area contributed by atoms with Crippen molar-refractivity contribution in [3.8, 4) is 17.2 Å². The van der Waals surface area contributed by atoms with E-state index in [2.05, 4.69) is 21.2 Å². The van der Waals surface area contributed by atoms with Crippen molar-refractivity contribution in [3.05, 3.63) is 45.9 Å². The van der Waals surface area contributed by atoms with Gasteiger partial charge in [-0.2, -0.15) is 0 Å². The zero-order chi connectivity index (χ0) is 18.1. The minimum absolute atomic E-state index is 0.0738. The molecule has 2 aromatic carbocycles. The maximum absolute atomic E-state index is 12.3. The molecule has 4 rings (SSSR count). The van der Waals surface area contributed by atoms with E-state index >= 15 is 0 Å². The van der Waals surface area contributed by atoms with Crippen LogP contribution in [0.25, 0.3) is 0 Å². The van der Waals surface area contributed by atoms with Gasteiger partial charge in [-0.05, 0) is 30.3 Å². The average Bonchev–Trinajstić information content (AvgIpc) is 2.65. The number of benzene rings is 2. The number of halogens is 1. The number of hydrogen-bond acceptors (Lipinski definition) is 6. The van der Waals surface area contributed by atoms with Crippen LogP contribution < -0.4 is 19.5 Å². The molecule has 0 saturated carbocycles. The zero-order valence-electron chi connectivity index (χ0n) is 13.5. The lowest BCUT2D eigenvalue weighted by Crippen LogP contribution is -2.25. The first-order valence-corrected chi connectivity index (χ1v) is 8.71. The Hall–Kier alpha value is -2.74. The standard InChI is InChI=1S/C18H14BrNO6/c19-12-7-16-15(23-3-4-24-16)6-11(12)8-26-18(22)10-1-2-13-14(5-10)25-9-17(21)20-13/h1-2,5-7H,3-4,8-9H2,(H,20,21). The van der Waals surface area contributed by atoms with Crippen LogP contribution in [0.15, 0.2) is 34.8 Å². The summed E-state index contributed by atoms with van der Waals surface area (Å²) >= 11 is 3.45. The van der Waals surface area contributed by atoms with Gasteiger partial charge < -0.3 is 24.3 Å². The number of fused-ring (bicyclic) bond motifs is 2. The van der Waals surface area contributed by atoms with E-state index in [-0.39, 0.29) is 19.1 Å². The van der Waals surface area contributed by atoms with E-state index in [1.807, 2.05) is 0 Å². The Kier molecular flexibility index (Phi) is 4.42. The highest BCUT2D eigenvalue weighted by Gasteiger charge is 2.19. The summed E-state index contributed by atoms with van der Waals surface area (Å²) in [6.07, 6.45) is 0. The fraction of sp³-hybridized carbons (Fsp3) is 0.222. The summed E-state index contributed by atoms with van der Waals surface area (Å²) in [5.74, 6) is 1.02. The van der Waals surface area contributed by atoms with Gasteiger partial charge in [0.1, 0.15) is 25.6 Å². The number of rotatable bonds is 3. The Morgan fingerprint density at radius 2 is 1.85 bits per heavy atom. The van der Waals surface area contributed by atoms with Crippen LogP contribution in [0.2, 0.25) is 0 Å². The van der Waals surface area contributed by atoms with Crippen LogP contribution in [0.4, 0.5) is 5.69 Å². The predicted molar refractivity (Wildman–Crippen MR) is 94.8 cm³/mol. The molecule has 0 aromatic heterocycles. The monoisotopic (exact) mass is 419 g/mol. The van der Waals surface area contributed by atoms with E-state index in [1.165, 1.54) is 0 Å². The molecule has 0 saturated heterocycles. The Morgan fingerprint density at radius 3 is 2.65 bits per heavy atom. The summed E-state index contributed by atoms with van der Waals surface area (Å²) in [7, 11) is 0. The zero-order valence-corrected chi connectivity index (χ0v) is 15.1. The molecule has 1 amide bonds. The van der Waals surface area contributed by atoms with Crippen LogP contribution >= 0.6 is 15.9 Å². The summed E-state index contributed by atoms with van der Waals surface area (Å²) in [5.41, 5.74) is 1.64. The van der Waals surface area contributed by atoms with Crippen molar-refractivity contribution in [1.29, 1.82) is 0 Å². The number of esters is 1. The van der Waals surface area contributed by atoms with Crippen LogP contribution in [-0.4, -0.2) is 31.7 Å². The molecule has 0 unspecified atom stereocenters. The highest BCUT2D eigenvalue weighted by molar-refractivity contribution is 9.10. The highest BCUT2D eigenvalue weighted by atomic mass is 79.9. The quantitative estimate of drug-likeness (QED) is 0.770. The minimum Gasteiger partial charge on any atom is -0.486 e. The second-order valence-corrected chi connectivity index (χ2v) is 6.57. The van der Waals surface area contributed by atoms with Crippen molar-refractivity contribution >= 4 is 33.5 Å². The Morgan fingerprint density at radius 1 is 1.08 bits per heavy atom. The number of amides is 1. The summed E-state index contributed by atoms with van der Waals surface area (Å²) in [6.45, 7) is 0.995. The molecule has 0 aliphatic carbocycles. The molecule has 0 atom stereocenters. The summed E-state index contributed by atoms with van der Waals surface area (Å²) in [5, 5.41) is 2.67. The van der Waals surface area contributed by atoms with Crippen LogP contribution in [0.3, 0.4) is 0 Å². The summed E-state index contributed by atoms with van der Waals surface area (Å²) in [4.78, 5) is 23.6. The van der Waals surface area contributed by atoms with Crippen molar-refractivity contribution in [2.75, 3.05) is 25.1 Å². The molecule has 2 aliphatic rings. The van der Waals surface area contributed by atoms with E-state index < -0.39 is 5.97 Å². The number of hydrogen-bond donors (Lipinski definition) is 1. The number of ether oxygens (including phenoxy) is 4. The van der Waals surface area contributed by atoms with Crippen molar-refractivity contribution in [2.24, 2.45) is 0 Å². The van der Waals surface area contributed by atoms with Crippen LogP contribution in [0.5, 0.6) is 17.2 Å². The number of anilines is 1. The molecular formula is C18H14BrNO6. The second-order valence-electron chi connectivity index (χ2n) is 5.71. The fourth-order valence-electron chi connectivity index (χ4n) is 2.64. The molecule has 8 heteroatoms. The number of carbonyl (C=O) groups is 2. The van der Waals surface area contributed by atoms with Gasteiger partial charge in [-0.1, -0.05) is 15.9 Å². The molecule has 134 valence electrons. The molecule has 2 aliphatic heterocycles. The van der Waals surface area contributed by atoms with Crippen LogP contribution in [0.1, 0.15) is 15.9 Å². The third kappa shape index (κ3) is 3.32. The average molecular weight is 420 g/mol. The number of nitrogens with one attached hydrogen (secondary N) is 1. The van der Waals surface area contributed by atoms with Gasteiger partial charge in [-0.15, -0.1) is 0 Å². The van der Waals surface area contributed by atoms with Crippen LogP contribution in [0, 0.1) is 0 Å². The Bertz CT molecular complexity index is 897. The van der Waals surface area contributed by atoms with E-state index in [0.29, 0.717) is 41.7 Å². The van der Waals surface area contributed by atoms with Crippen molar-refractivity contribution in [2.45, 2.75) is 6.61 Å². The third-order valence-electron chi connectivity index (χ3n) is 3.92. The first-order valence-electron chi connectivity index (χ1n) is 7.92. The topological polar surface area (TPSA) is 83.1 Å². The van der Waals surface area contributed by atoms with Gasteiger partial charge in [0.15, 0.2) is 18.1 Å². The molecule has 26 heavy (non-hydrogen) atoms. The van der Waals surface area contributed by atoms with Gasteiger partial charge in [-0.3, -0.25) is 4.79 Å². The summed E-state index contributed by atoms with van der Waals surface area (Å²) < 4.78 is 22.5. The molecule has 0 spiro atoms. The predicted octanol–water partition coefficient (Wildman–Crippen LogP) is 2.91. The van der Waals surface area contributed by atoms with E-state index in [4.69, 9.17) is 18.9 Å². The molecular weight excluding hydrogens is 406 g/mol. The van der Waals surface area contributed by atoms with Gasteiger partial charge in [0, 0.05) is 10.0 Å². The summed E-state index contributed by atoms with van der Waals surface area (Å²) in [6, 6.07) is 8.33. The van der Waals surface area contributed by atoms with Gasteiger partial charge in [-0.25, -0.2) is 4.79 Å². The first-order chi connectivity index (χ1) is 12.6. The van der Waals surface area contributed by atoms with E-state index in [0.717, 1.165) is 10.0 Å². The molecule has 2 aromatic rings. The van der Waals surface area contributed by atoms with Gasteiger partial charge in [0.2, 0.25) is 0 Å². The lowest BCUT2D eigenvalue weighted by Gasteiger charge is -2.20. The van der Waals surface area contributed by atoms with Crippen molar-refractivity contribution in [1.82, 2.24) is 0 Å². The van der Waals surface area contributed by atoms with Gasteiger partial charge >= 0.3 is 5.97 Å². The molecule has 0 radical (unpaired) electrons. The normalized spacial score (nSPS) is 14.7. The molecule has 0 fully saturated rings. The van der Waals surface area contributed by atoms with E-state index in [9.17, 15) is 9.59 Å². The van der Waals surface area contributed by atoms with Crippen LogP contribution in [-0.2, 0) is 16.1 Å². The maximum atomic E-state index is 12.3. The molecule has 2 heterocycles. The lowest BCUT2D eigenvalue weighted by molar-refractivity contribution is -0.118. The van der Waals surface area contributed by atoms with Crippen molar-refractivity contribution < 1.29 is 28.5 Å². The SMILES string of the molecule is O=C1COc2cc(C(=O)OCc3cc4c(cc3Br)OCCO4)ccc2N1.